The fourth-order valence-corrected chi connectivity index (χ4v) is 1.94. The van der Waals surface area contributed by atoms with Crippen molar-refractivity contribution in [3.63, 3.8) is 0 Å². The van der Waals surface area contributed by atoms with Crippen molar-refractivity contribution < 1.29 is 14.3 Å². The topological polar surface area (TPSA) is 106 Å². The SMILES string of the molecule is CC(C)(C)OC(=O)NCCCC[C@H](N)C(=O)NCc1ccccn1. The van der Waals surface area contributed by atoms with Crippen molar-refractivity contribution in [1.29, 1.82) is 0 Å². The lowest BCUT2D eigenvalue weighted by Crippen LogP contribution is -2.40. The summed E-state index contributed by atoms with van der Waals surface area (Å²) in [4.78, 5) is 27.5. The molecule has 7 nitrogen and oxygen atoms in total. The lowest BCUT2D eigenvalue weighted by molar-refractivity contribution is -0.122. The number of rotatable bonds is 8. The third kappa shape index (κ3) is 9.09. The van der Waals surface area contributed by atoms with E-state index in [0.717, 1.165) is 18.5 Å². The Morgan fingerprint density at radius 1 is 1.25 bits per heavy atom. The quantitative estimate of drug-likeness (QED) is 0.627. The van der Waals surface area contributed by atoms with Crippen LogP contribution in [0.25, 0.3) is 0 Å². The second kappa shape index (κ2) is 9.87. The van der Waals surface area contributed by atoms with Crippen LogP contribution >= 0.6 is 0 Å². The van der Waals surface area contributed by atoms with Crippen LogP contribution in [-0.4, -0.2) is 35.2 Å². The first-order valence-electron chi connectivity index (χ1n) is 8.18. The minimum absolute atomic E-state index is 0.194. The highest BCUT2D eigenvalue weighted by molar-refractivity contribution is 5.81. The molecule has 0 spiro atoms. The standard InChI is InChI=1S/C17H28N4O3/c1-17(2,3)24-16(23)20-11-7-5-9-14(18)15(22)21-12-13-8-4-6-10-19-13/h4,6,8,10,14H,5,7,9,11-12,18H2,1-3H3,(H,20,23)(H,21,22)/t14-/m0/s1. The van der Waals surface area contributed by atoms with E-state index in [-0.39, 0.29) is 5.91 Å². The number of unbranched alkanes of at least 4 members (excludes halogenated alkanes) is 1. The number of ether oxygens (including phenoxy) is 1. The Morgan fingerprint density at radius 3 is 2.62 bits per heavy atom. The number of nitrogens with zero attached hydrogens (tertiary/aromatic N) is 1. The Bertz CT molecular complexity index is 514. The van der Waals surface area contributed by atoms with Gasteiger partial charge < -0.3 is 21.1 Å². The van der Waals surface area contributed by atoms with Crippen molar-refractivity contribution in [3.05, 3.63) is 30.1 Å². The lowest BCUT2D eigenvalue weighted by Gasteiger charge is -2.19. The summed E-state index contributed by atoms with van der Waals surface area (Å²) in [6, 6.07) is 4.97. The zero-order valence-electron chi connectivity index (χ0n) is 14.7. The van der Waals surface area contributed by atoms with Gasteiger partial charge in [0.15, 0.2) is 0 Å². The first-order chi connectivity index (χ1) is 11.3. The number of nitrogens with two attached hydrogens (primary N) is 1. The van der Waals surface area contributed by atoms with Gasteiger partial charge in [-0.3, -0.25) is 9.78 Å². The van der Waals surface area contributed by atoms with Gasteiger partial charge in [0.2, 0.25) is 5.91 Å². The number of nitrogens with one attached hydrogen (secondary N) is 2. The summed E-state index contributed by atoms with van der Waals surface area (Å²) in [6.45, 7) is 6.31. The van der Waals surface area contributed by atoms with Crippen LogP contribution in [0, 0.1) is 0 Å². The van der Waals surface area contributed by atoms with Crippen LogP contribution in [0.5, 0.6) is 0 Å². The largest absolute Gasteiger partial charge is 0.444 e. The van der Waals surface area contributed by atoms with Crippen molar-refractivity contribution in [2.45, 2.75) is 58.2 Å². The van der Waals surface area contributed by atoms with Crippen molar-refractivity contribution in [3.8, 4) is 0 Å². The van der Waals surface area contributed by atoms with Gasteiger partial charge in [0.1, 0.15) is 5.60 Å². The summed E-state index contributed by atoms with van der Waals surface area (Å²) in [5.74, 6) is -0.194. The van der Waals surface area contributed by atoms with E-state index in [2.05, 4.69) is 15.6 Å². The normalized spacial score (nSPS) is 12.3. The number of amides is 2. The monoisotopic (exact) mass is 336 g/mol. The van der Waals surface area contributed by atoms with Crippen molar-refractivity contribution in [1.82, 2.24) is 15.6 Å². The lowest BCUT2D eigenvalue weighted by atomic mass is 10.1. The molecule has 0 aliphatic rings. The maximum absolute atomic E-state index is 11.9. The van der Waals surface area contributed by atoms with Crippen LogP contribution in [0.15, 0.2) is 24.4 Å². The summed E-state index contributed by atoms with van der Waals surface area (Å²) in [7, 11) is 0. The number of pyridine rings is 1. The highest BCUT2D eigenvalue weighted by atomic mass is 16.6. The van der Waals surface area contributed by atoms with Crippen LogP contribution in [0.3, 0.4) is 0 Å². The number of carbonyl (C=O) groups is 2. The highest BCUT2D eigenvalue weighted by Gasteiger charge is 2.16. The molecule has 1 aromatic heterocycles. The van der Waals surface area contributed by atoms with E-state index in [1.165, 1.54) is 0 Å². The molecule has 134 valence electrons. The molecule has 0 unspecified atom stereocenters. The second-order valence-electron chi connectivity index (χ2n) is 6.57. The molecule has 0 saturated heterocycles. The average molecular weight is 336 g/mol. The molecule has 24 heavy (non-hydrogen) atoms. The molecular weight excluding hydrogens is 308 g/mol. The zero-order chi connectivity index (χ0) is 18.0. The minimum atomic E-state index is -0.560. The molecule has 0 aliphatic heterocycles. The summed E-state index contributed by atoms with van der Waals surface area (Å²) >= 11 is 0. The maximum atomic E-state index is 11.9. The summed E-state index contributed by atoms with van der Waals surface area (Å²) < 4.78 is 5.13. The Morgan fingerprint density at radius 2 is 2.00 bits per heavy atom. The first-order valence-corrected chi connectivity index (χ1v) is 8.18. The maximum Gasteiger partial charge on any atom is 0.407 e. The Hall–Kier alpha value is -2.15. The fourth-order valence-electron chi connectivity index (χ4n) is 1.94. The molecule has 7 heteroatoms. The van der Waals surface area contributed by atoms with E-state index >= 15 is 0 Å². The molecule has 1 rings (SSSR count). The number of carbonyl (C=O) groups excluding carboxylic acids is 2. The summed E-state index contributed by atoms with van der Waals surface area (Å²) in [6.07, 6.45) is 3.29. The summed E-state index contributed by atoms with van der Waals surface area (Å²) in [5.41, 5.74) is 6.15. The van der Waals surface area contributed by atoms with Gasteiger partial charge in [-0.05, 0) is 52.2 Å². The van der Waals surface area contributed by atoms with E-state index < -0.39 is 17.7 Å². The summed E-state index contributed by atoms with van der Waals surface area (Å²) in [5, 5.41) is 5.45. The Labute approximate surface area is 143 Å². The van der Waals surface area contributed by atoms with Gasteiger partial charge >= 0.3 is 6.09 Å². The molecule has 0 saturated carbocycles. The first kappa shape index (κ1) is 19.9. The van der Waals surface area contributed by atoms with E-state index in [9.17, 15) is 9.59 Å². The van der Waals surface area contributed by atoms with Gasteiger partial charge in [0.25, 0.3) is 0 Å². The van der Waals surface area contributed by atoms with Gasteiger partial charge in [-0.15, -0.1) is 0 Å². The number of hydrogen-bond acceptors (Lipinski definition) is 5. The van der Waals surface area contributed by atoms with E-state index in [0.29, 0.717) is 19.5 Å². The molecule has 0 bridgehead atoms. The molecule has 2 amide bonds. The van der Waals surface area contributed by atoms with Crippen LogP contribution in [-0.2, 0) is 16.1 Å². The predicted octanol–water partition coefficient (Wildman–Crippen LogP) is 1.72. The van der Waals surface area contributed by atoms with Gasteiger partial charge in [0, 0.05) is 12.7 Å². The second-order valence-corrected chi connectivity index (χ2v) is 6.57. The average Bonchev–Trinajstić information content (AvgIpc) is 2.51. The van der Waals surface area contributed by atoms with Gasteiger partial charge in [0.05, 0.1) is 18.3 Å². The number of aromatic nitrogens is 1. The minimum Gasteiger partial charge on any atom is -0.444 e. The third-order valence-electron chi connectivity index (χ3n) is 3.12. The molecule has 1 aromatic rings. The molecule has 0 fully saturated rings. The number of alkyl carbamates (subject to hydrolysis) is 1. The molecule has 0 aromatic carbocycles. The van der Waals surface area contributed by atoms with Crippen LogP contribution in [0.1, 0.15) is 45.7 Å². The zero-order valence-corrected chi connectivity index (χ0v) is 14.7. The third-order valence-corrected chi connectivity index (χ3v) is 3.12. The predicted molar refractivity (Wildman–Crippen MR) is 92.1 cm³/mol. The molecule has 0 radical (unpaired) electrons. The van der Waals surface area contributed by atoms with E-state index in [4.69, 9.17) is 10.5 Å². The molecular formula is C17H28N4O3. The van der Waals surface area contributed by atoms with Crippen molar-refractivity contribution in [2.75, 3.05) is 6.54 Å². The van der Waals surface area contributed by atoms with Gasteiger partial charge in [-0.2, -0.15) is 0 Å². The van der Waals surface area contributed by atoms with Crippen LogP contribution < -0.4 is 16.4 Å². The van der Waals surface area contributed by atoms with Crippen LogP contribution in [0.2, 0.25) is 0 Å². The fraction of sp³-hybridized carbons (Fsp3) is 0.588. The van der Waals surface area contributed by atoms with Crippen molar-refractivity contribution in [2.24, 2.45) is 5.73 Å². The van der Waals surface area contributed by atoms with Crippen molar-refractivity contribution >= 4 is 12.0 Å². The van der Waals surface area contributed by atoms with Gasteiger partial charge in [-0.1, -0.05) is 6.07 Å². The van der Waals surface area contributed by atoms with E-state index in [1.54, 1.807) is 6.20 Å². The van der Waals surface area contributed by atoms with Gasteiger partial charge in [-0.25, -0.2) is 4.79 Å². The molecule has 1 atom stereocenters. The van der Waals surface area contributed by atoms with Crippen LogP contribution in [0.4, 0.5) is 4.79 Å². The molecule has 1 heterocycles. The Kier molecular flexibility index (Phi) is 8.18. The molecule has 0 aliphatic carbocycles. The smallest absolute Gasteiger partial charge is 0.407 e. The van der Waals surface area contributed by atoms with E-state index in [1.807, 2.05) is 39.0 Å². The Balaban J connectivity index is 2.11. The highest BCUT2D eigenvalue weighted by Crippen LogP contribution is 2.06. The molecule has 4 N–H and O–H groups in total. The number of hydrogen-bond donors (Lipinski definition) is 3.